The first-order chi connectivity index (χ1) is 10.8. The number of rotatable bonds is 3. The van der Waals surface area contributed by atoms with E-state index in [0.717, 1.165) is 0 Å². The monoisotopic (exact) mass is 355 g/mol. The van der Waals surface area contributed by atoms with Gasteiger partial charge in [-0.1, -0.05) is 0 Å². The summed E-state index contributed by atoms with van der Waals surface area (Å²) in [5.41, 5.74) is -0.557. The Bertz CT molecular complexity index is 708. The van der Waals surface area contributed by atoms with Crippen LogP contribution in [-0.4, -0.2) is 41.7 Å². The number of carbonyl (C=O) groups is 1. The number of sulfonamides is 1. The van der Waals surface area contributed by atoms with Crippen molar-refractivity contribution in [3.63, 3.8) is 0 Å². The molecule has 1 aromatic rings. The van der Waals surface area contributed by atoms with E-state index in [9.17, 15) is 18.4 Å². The number of hydrogen-bond acceptors (Lipinski definition) is 5. The van der Waals surface area contributed by atoms with Crippen LogP contribution in [0.5, 0.6) is 0 Å². The quantitative estimate of drug-likeness (QED) is 0.760. The first-order valence-electron chi connectivity index (χ1n) is 7.76. The molecule has 0 aliphatic carbocycles. The summed E-state index contributed by atoms with van der Waals surface area (Å²) in [6, 6.07) is 5.41. The SMILES string of the molecule is CC1(C)CC(NC(=O)c2ccc(S(N)(=O)=O)cc2)CC(C)(C)N1O. The lowest BCUT2D eigenvalue weighted by atomic mass is 9.79. The molecule has 1 aromatic carbocycles. The van der Waals surface area contributed by atoms with Crippen LogP contribution in [-0.2, 0) is 10.0 Å². The van der Waals surface area contributed by atoms with Crippen molar-refractivity contribution < 1.29 is 18.4 Å². The molecule has 134 valence electrons. The zero-order valence-electron chi connectivity index (χ0n) is 14.4. The maximum atomic E-state index is 12.4. The van der Waals surface area contributed by atoms with Gasteiger partial charge < -0.3 is 10.5 Å². The van der Waals surface area contributed by atoms with E-state index in [4.69, 9.17) is 5.14 Å². The normalized spacial score (nSPS) is 21.4. The molecule has 1 heterocycles. The average molecular weight is 355 g/mol. The third kappa shape index (κ3) is 3.94. The highest BCUT2D eigenvalue weighted by molar-refractivity contribution is 7.89. The van der Waals surface area contributed by atoms with Gasteiger partial charge in [-0.3, -0.25) is 4.79 Å². The predicted octanol–water partition coefficient (Wildman–Crippen LogP) is 1.47. The summed E-state index contributed by atoms with van der Waals surface area (Å²) in [5.74, 6) is -0.279. The number of benzene rings is 1. The number of amides is 1. The second-order valence-corrected chi connectivity index (χ2v) is 9.15. The molecule has 0 bridgehead atoms. The van der Waals surface area contributed by atoms with E-state index in [0.29, 0.717) is 18.4 Å². The summed E-state index contributed by atoms with van der Waals surface area (Å²) < 4.78 is 22.5. The van der Waals surface area contributed by atoms with E-state index in [1.54, 1.807) is 0 Å². The number of carbonyl (C=O) groups excluding carboxylic acids is 1. The molecule has 2 rings (SSSR count). The van der Waals surface area contributed by atoms with Crippen LogP contribution in [0.4, 0.5) is 0 Å². The van der Waals surface area contributed by atoms with Crippen LogP contribution < -0.4 is 10.5 Å². The van der Waals surface area contributed by atoms with Gasteiger partial charge in [0.1, 0.15) is 0 Å². The summed E-state index contributed by atoms with van der Waals surface area (Å²) in [6.45, 7) is 7.70. The van der Waals surface area contributed by atoms with Gasteiger partial charge in [0, 0.05) is 22.7 Å². The van der Waals surface area contributed by atoms with E-state index >= 15 is 0 Å². The third-order valence-corrected chi connectivity index (χ3v) is 5.35. The Hall–Kier alpha value is -1.48. The Morgan fingerprint density at radius 2 is 1.62 bits per heavy atom. The molecule has 7 nitrogen and oxygen atoms in total. The zero-order chi connectivity index (χ0) is 18.3. The third-order valence-electron chi connectivity index (χ3n) is 4.42. The molecule has 1 saturated heterocycles. The number of hydroxylamine groups is 2. The number of primary sulfonamides is 1. The van der Waals surface area contributed by atoms with Gasteiger partial charge in [0.05, 0.1) is 4.90 Å². The average Bonchev–Trinajstić information content (AvgIpc) is 2.43. The lowest BCUT2D eigenvalue weighted by molar-refractivity contribution is -0.245. The maximum Gasteiger partial charge on any atom is 0.251 e. The number of piperidine rings is 1. The molecule has 0 radical (unpaired) electrons. The van der Waals surface area contributed by atoms with Gasteiger partial charge in [-0.15, -0.1) is 0 Å². The molecule has 1 amide bonds. The second-order valence-electron chi connectivity index (χ2n) is 7.58. The van der Waals surface area contributed by atoms with Crippen molar-refractivity contribution in [2.75, 3.05) is 0 Å². The van der Waals surface area contributed by atoms with Gasteiger partial charge in [-0.2, -0.15) is 5.06 Å². The molecule has 4 N–H and O–H groups in total. The van der Waals surface area contributed by atoms with Gasteiger partial charge in [-0.25, -0.2) is 13.6 Å². The number of nitrogens with two attached hydrogens (primary N) is 1. The minimum absolute atomic E-state index is 0.0325. The summed E-state index contributed by atoms with van der Waals surface area (Å²) >= 11 is 0. The van der Waals surface area contributed by atoms with Gasteiger partial charge in [0.2, 0.25) is 10.0 Å². The zero-order valence-corrected chi connectivity index (χ0v) is 15.2. The highest BCUT2D eigenvalue weighted by atomic mass is 32.2. The fourth-order valence-electron chi connectivity index (χ4n) is 3.44. The molecule has 1 aliphatic rings. The van der Waals surface area contributed by atoms with Crippen molar-refractivity contribution in [2.24, 2.45) is 5.14 Å². The number of hydrogen-bond donors (Lipinski definition) is 3. The summed E-state index contributed by atoms with van der Waals surface area (Å²) in [7, 11) is -3.77. The summed E-state index contributed by atoms with van der Waals surface area (Å²) in [6.07, 6.45) is 1.21. The molecule has 24 heavy (non-hydrogen) atoms. The van der Waals surface area contributed by atoms with Crippen LogP contribution in [0, 0.1) is 0 Å². The van der Waals surface area contributed by atoms with E-state index in [2.05, 4.69) is 5.32 Å². The first kappa shape index (κ1) is 18.9. The standard InChI is InChI=1S/C16H25N3O4S/c1-15(2)9-12(10-16(3,4)19(15)21)18-14(20)11-5-7-13(8-6-11)24(17,22)23/h5-8,12,21H,9-10H2,1-4H3,(H,18,20)(H2,17,22,23). The summed E-state index contributed by atoms with van der Waals surface area (Å²) in [4.78, 5) is 12.4. The second kappa shape index (κ2) is 6.11. The first-order valence-corrected chi connectivity index (χ1v) is 9.30. The molecule has 0 atom stereocenters. The smallest absolute Gasteiger partial charge is 0.251 e. The van der Waals surface area contributed by atoms with Crippen molar-refractivity contribution >= 4 is 15.9 Å². The molecule has 1 fully saturated rings. The van der Waals surface area contributed by atoms with E-state index in [1.165, 1.54) is 29.3 Å². The Balaban J connectivity index is 2.12. The topological polar surface area (TPSA) is 113 Å². The number of nitrogens with one attached hydrogen (secondary N) is 1. The van der Waals surface area contributed by atoms with Gasteiger partial charge in [0.15, 0.2) is 0 Å². The Morgan fingerprint density at radius 1 is 1.17 bits per heavy atom. The van der Waals surface area contributed by atoms with Crippen molar-refractivity contribution in [1.82, 2.24) is 10.4 Å². The molecule has 8 heteroatoms. The highest BCUT2D eigenvalue weighted by Crippen LogP contribution is 2.36. The lowest BCUT2D eigenvalue weighted by Crippen LogP contribution is -2.62. The lowest BCUT2D eigenvalue weighted by Gasteiger charge is -2.51. The summed E-state index contributed by atoms with van der Waals surface area (Å²) in [5, 5.41) is 19.7. The Morgan fingerprint density at radius 3 is 2.04 bits per heavy atom. The maximum absolute atomic E-state index is 12.4. The Kier molecular flexibility index (Phi) is 4.80. The van der Waals surface area contributed by atoms with E-state index < -0.39 is 21.1 Å². The van der Waals surface area contributed by atoms with Crippen molar-refractivity contribution in [3.8, 4) is 0 Å². The van der Waals surface area contributed by atoms with Crippen LogP contribution >= 0.6 is 0 Å². The fourth-order valence-corrected chi connectivity index (χ4v) is 3.95. The molecular formula is C16H25N3O4S. The van der Waals surface area contributed by atoms with E-state index in [-0.39, 0.29) is 16.8 Å². The van der Waals surface area contributed by atoms with Crippen LogP contribution in [0.15, 0.2) is 29.2 Å². The van der Waals surface area contributed by atoms with Crippen molar-refractivity contribution in [2.45, 2.75) is 62.6 Å². The van der Waals surface area contributed by atoms with Crippen LogP contribution in [0.25, 0.3) is 0 Å². The van der Waals surface area contributed by atoms with Gasteiger partial charge in [0.25, 0.3) is 5.91 Å². The molecule has 0 saturated carbocycles. The van der Waals surface area contributed by atoms with Crippen molar-refractivity contribution in [1.29, 1.82) is 0 Å². The van der Waals surface area contributed by atoms with Gasteiger partial charge >= 0.3 is 0 Å². The minimum atomic E-state index is -3.77. The van der Waals surface area contributed by atoms with Crippen LogP contribution in [0.1, 0.15) is 50.9 Å². The minimum Gasteiger partial charge on any atom is -0.349 e. The van der Waals surface area contributed by atoms with Crippen molar-refractivity contribution in [3.05, 3.63) is 29.8 Å². The molecule has 0 spiro atoms. The van der Waals surface area contributed by atoms with Crippen LogP contribution in [0.3, 0.4) is 0 Å². The molecule has 0 aromatic heterocycles. The molecular weight excluding hydrogens is 330 g/mol. The molecule has 0 unspecified atom stereocenters. The Labute approximate surface area is 142 Å². The number of nitrogens with zero attached hydrogens (tertiary/aromatic N) is 1. The predicted molar refractivity (Wildman–Crippen MR) is 90.1 cm³/mol. The molecule has 1 aliphatic heterocycles. The largest absolute Gasteiger partial charge is 0.349 e. The van der Waals surface area contributed by atoms with E-state index in [1.807, 2.05) is 27.7 Å². The fraction of sp³-hybridized carbons (Fsp3) is 0.562. The van der Waals surface area contributed by atoms with Gasteiger partial charge in [-0.05, 0) is 64.8 Å². The van der Waals surface area contributed by atoms with Crippen LogP contribution in [0.2, 0.25) is 0 Å². The highest BCUT2D eigenvalue weighted by Gasteiger charge is 2.45.